The van der Waals surface area contributed by atoms with E-state index in [1.165, 1.54) is 31.4 Å². The number of ketones is 1. The first kappa shape index (κ1) is 22.4. The lowest BCUT2D eigenvalue weighted by Crippen LogP contribution is -2.38. The highest BCUT2D eigenvalue weighted by Gasteiger charge is 2.44. The molecule has 2 aromatic rings. The van der Waals surface area contributed by atoms with Crippen molar-refractivity contribution in [2.45, 2.75) is 19.9 Å². The summed E-state index contributed by atoms with van der Waals surface area (Å²) >= 11 is 0. The van der Waals surface area contributed by atoms with Gasteiger partial charge in [-0.15, -0.1) is 0 Å². The lowest BCUT2D eigenvalue weighted by atomic mass is 9.94. The number of carbonyl (C=O) groups excluding carboxylic acids is 2. The highest BCUT2D eigenvalue weighted by molar-refractivity contribution is 6.15. The summed E-state index contributed by atoms with van der Waals surface area (Å²) in [4.78, 5) is 29.9. The number of rotatable bonds is 10. The summed E-state index contributed by atoms with van der Waals surface area (Å²) in [5, 5.41) is 10.7. The number of methoxy groups -OCH3 is 2. The summed E-state index contributed by atoms with van der Waals surface area (Å²) in [5.74, 6) is -0.612. The van der Waals surface area contributed by atoms with Crippen molar-refractivity contribution in [2.24, 2.45) is 0 Å². The van der Waals surface area contributed by atoms with E-state index in [0.717, 1.165) is 13.1 Å². The number of furan rings is 1. The van der Waals surface area contributed by atoms with E-state index < -0.39 is 23.5 Å². The van der Waals surface area contributed by atoms with Gasteiger partial charge in [0.2, 0.25) is 5.78 Å². The fourth-order valence-electron chi connectivity index (χ4n) is 3.82. The Labute approximate surface area is 181 Å². The molecule has 0 saturated heterocycles. The smallest absolute Gasteiger partial charge is 0.290 e. The predicted molar refractivity (Wildman–Crippen MR) is 114 cm³/mol. The third-order valence-electron chi connectivity index (χ3n) is 5.57. The Bertz CT molecular complexity index is 962. The lowest BCUT2D eigenvalue weighted by molar-refractivity contribution is -0.129. The SMILES string of the molecule is CCN(CC)CCN1C(=O)C(O)=C(C(=O)c2ccco2)C1c1ccc(OC)c(OC)c1. The van der Waals surface area contributed by atoms with Crippen molar-refractivity contribution in [1.82, 2.24) is 9.80 Å². The fourth-order valence-corrected chi connectivity index (χ4v) is 3.82. The average Bonchev–Trinajstić information content (AvgIpc) is 3.41. The quantitative estimate of drug-likeness (QED) is 0.581. The Morgan fingerprint density at radius 3 is 2.45 bits per heavy atom. The summed E-state index contributed by atoms with van der Waals surface area (Å²) in [6, 6.07) is 7.52. The van der Waals surface area contributed by atoms with Crippen molar-refractivity contribution in [3.8, 4) is 11.5 Å². The summed E-state index contributed by atoms with van der Waals surface area (Å²) in [5.41, 5.74) is 0.621. The molecule has 31 heavy (non-hydrogen) atoms. The second kappa shape index (κ2) is 9.70. The number of aliphatic hydroxyl groups excluding tert-OH is 1. The molecule has 1 aromatic heterocycles. The van der Waals surface area contributed by atoms with Crippen LogP contribution in [0, 0.1) is 0 Å². The molecule has 1 unspecified atom stereocenters. The van der Waals surface area contributed by atoms with Crippen LogP contribution in [0.15, 0.2) is 52.3 Å². The molecular formula is C23H28N2O6. The maximum absolute atomic E-state index is 13.2. The van der Waals surface area contributed by atoms with Gasteiger partial charge >= 0.3 is 0 Å². The number of likely N-dealkylation sites (N-methyl/N-ethyl adjacent to an activating group) is 1. The Hall–Kier alpha value is -3.26. The summed E-state index contributed by atoms with van der Waals surface area (Å²) in [6.45, 7) is 6.70. The van der Waals surface area contributed by atoms with Crippen molar-refractivity contribution in [3.05, 3.63) is 59.3 Å². The zero-order valence-corrected chi connectivity index (χ0v) is 18.3. The second-order valence-electron chi connectivity index (χ2n) is 7.11. The standard InChI is InChI=1S/C23H28N2O6/c1-5-24(6-2)11-12-25-20(15-9-10-16(29-3)18(14-15)30-4)19(22(27)23(25)28)21(26)17-8-7-13-31-17/h7-10,13-14,20,27H,5-6,11-12H2,1-4H3. The van der Waals surface area contributed by atoms with Crippen molar-refractivity contribution in [3.63, 3.8) is 0 Å². The second-order valence-corrected chi connectivity index (χ2v) is 7.11. The number of carbonyl (C=O) groups is 2. The minimum absolute atomic E-state index is 0.00767. The summed E-state index contributed by atoms with van der Waals surface area (Å²) in [6.07, 6.45) is 1.38. The molecule has 3 rings (SSSR count). The average molecular weight is 428 g/mol. The molecule has 0 radical (unpaired) electrons. The largest absolute Gasteiger partial charge is 0.503 e. The molecule has 1 aliphatic heterocycles. The van der Waals surface area contributed by atoms with Gasteiger partial charge in [0.05, 0.1) is 32.1 Å². The van der Waals surface area contributed by atoms with Crippen LogP contribution in [0.3, 0.4) is 0 Å². The first-order valence-electron chi connectivity index (χ1n) is 10.2. The third-order valence-corrected chi connectivity index (χ3v) is 5.57. The van der Waals surface area contributed by atoms with E-state index in [1.807, 2.05) is 13.8 Å². The fraction of sp³-hybridized carbons (Fsp3) is 0.391. The van der Waals surface area contributed by atoms with Gasteiger partial charge in [-0.2, -0.15) is 0 Å². The maximum atomic E-state index is 13.2. The maximum Gasteiger partial charge on any atom is 0.290 e. The number of aliphatic hydroxyl groups is 1. The van der Waals surface area contributed by atoms with Gasteiger partial charge in [-0.05, 0) is 42.9 Å². The van der Waals surface area contributed by atoms with Crippen LogP contribution in [0.25, 0.3) is 0 Å². The summed E-state index contributed by atoms with van der Waals surface area (Å²) < 4.78 is 16.0. The number of amides is 1. The normalized spacial score (nSPS) is 16.4. The molecule has 0 spiro atoms. The molecule has 8 nitrogen and oxygen atoms in total. The number of Topliss-reactive ketones (excluding diaryl/α,β-unsaturated/α-hetero) is 1. The van der Waals surface area contributed by atoms with Gasteiger partial charge in [-0.1, -0.05) is 19.9 Å². The molecule has 0 saturated carbocycles. The van der Waals surface area contributed by atoms with Crippen LogP contribution >= 0.6 is 0 Å². The zero-order valence-electron chi connectivity index (χ0n) is 18.3. The van der Waals surface area contributed by atoms with Gasteiger partial charge in [0.25, 0.3) is 5.91 Å². The first-order chi connectivity index (χ1) is 15.0. The van der Waals surface area contributed by atoms with Gasteiger partial charge in [-0.25, -0.2) is 0 Å². The van der Waals surface area contributed by atoms with Crippen LogP contribution in [0.5, 0.6) is 11.5 Å². The molecule has 0 aliphatic carbocycles. The molecule has 166 valence electrons. The van der Waals surface area contributed by atoms with Crippen LogP contribution < -0.4 is 9.47 Å². The number of benzene rings is 1. The van der Waals surface area contributed by atoms with E-state index in [4.69, 9.17) is 13.9 Å². The van der Waals surface area contributed by atoms with E-state index in [-0.39, 0.29) is 11.3 Å². The number of ether oxygens (including phenoxy) is 2. The molecule has 1 N–H and O–H groups in total. The highest BCUT2D eigenvalue weighted by Crippen LogP contribution is 2.41. The summed E-state index contributed by atoms with van der Waals surface area (Å²) in [7, 11) is 3.05. The predicted octanol–water partition coefficient (Wildman–Crippen LogP) is 3.22. The molecule has 2 heterocycles. The minimum atomic E-state index is -0.777. The molecule has 1 atom stereocenters. The molecule has 1 amide bonds. The van der Waals surface area contributed by atoms with Crippen LogP contribution in [-0.4, -0.2) is 67.0 Å². The van der Waals surface area contributed by atoms with Crippen molar-refractivity contribution < 1.29 is 28.6 Å². The van der Waals surface area contributed by atoms with Crippen LogP contribution in [0.4, 0.5) is 0 Å². The molecule has 8 heteroatoms. The highest BCUT2D eigenvalue weighted by atomic mass is 16.5. The minimum Gasteiger partial charge on any atom is -0.503 e. The molecule has 1 aromatic carbocycles. The van der Waals surface area contributed by atoms with Crippen molar-refractivity contribution in [1.29, 1.82) is 0 Å². The Morgan fingerprint density at radius 2 is 1.87 bits per heavy atom. The van der Waals surface area contributed by atoms with E-state index in [2.05, 4.69) is 4.90 Å². The zero-order chi connectivity index (χ0) is 22.5. The lowest BCUT2D eigenvalue weighted by Gasteiger charge is -2.29. The third kappa shape index (κ3) is 4.29. The number of hydrogen-bond acceptors (Lipinski definition) is 7. The van der Waals surface area contributed by atoms with E-state index in [9.17, 15) is 14.7 Å². The topological polar surface area (TPSA) is 92.5 Å². The Kier molecular flexibility index (Phi) is 7.02. The molecule has 0 bridgehead atoms. The Balaban J connectivity index is 2.06. The van der Waals surface area contributed by atoms with Gasteiger partial charge < -0.3 is 28.8 Å². The van der Waals surface area contributed by atoms with Crippen LogP contribution in [-0.2, 0) is 4.79 Å². The van der Waals surface area contributed by atoms with E-state index >= 15 is 0 Å². The van der Waals surface area contributed by atoms with Crippen molar-refractivity contribution >= 4 is 11.7 Å². The van der Waals surface area contributed by atoms with Gasteiger partial charge in [-0.3, -0.25) is 9.59 Å². The monoisotopic (exact) mass is 428 g/mol. The van der Waals surface area contributed by atoms with Crippen LogP contribution in [0.2, 0.25) is 0 Å². The molecule has 1 aliphatic rings. The van der Waals surface area contributed by atoms with Gasteiger partial charge in [0.1, 0.15) is 0 Å². The van der Waals surface area contributed by atoms with Gasteiger partial charge in [0, 0.05) is 13.1 Å². The van der Waals surface area contributed by atoms with E-state index in [1.54, 1.807) is 24.3 Å². The van der Waals surface area contributed by atoms with Crippen LogP contribution in [0.1, 0.15) is 36.0 Å². The van der Waals surface area contributed by atoms with E-state index in [0.29, 0.717) is 30.2 Å². The first-order valence-corrected chi connectivity index (χ1v) is 10.2. The Morgan fingerprint density at radius 1 is 1.16 bits per heavy atom. The van der Waals surface area contributed by atoms with Crippen molar-refractivity contribution in [2.75, 3.05) is 40.4 Å². The molecular weight excluding hydrogens is 400 g/mol. The number of nitrogens with zero attached hydrogens (tertiary/aromatic N) is 2. The van der Waals surface area contributed by atoms with Gasteiger partial charge in [0.15, 0.2) is 23.0 Å². The molecule has 0 fully saturated rings. The number of hydrogen-bond donors (Lipinski definition) is 1.